The average Bonchev–Trinajstić information content (AvgIpc) is 3.11. The number of benzene rings is 2. The van der Waals surface area contributed by atoms with E-state index in [1.807, 2.05) is 37.3 Å². The Bertz CT molecular complexity index is 1180. The molecule has 1 aliphatic heterocycles. The Morgan fingerprint density at radius 3 is 2.41 bits per heavy atom. The van der Waals surface area contributed by atoms with Crippen molar-refractivity contribution in [1.82, 2.24) is 14.7 Å². The van der Waals surface area contributed by atoms with Crippen molar-refractivity contribution in [2.45, 2.75) is 33.2 Å². The Morgan fingerprint density at radius 1 is 1.06 bits per heavy atom. The van der Waals surface area contributed by atoms with Gasteiger partial charge >= 0.3 is 0 Å². The summed E-state index contributed by atoms with van der Waals surface area (Å²) in [5, 5.41) is 8.02. The molecule has 0 radical (unpaired) electrons. The van der Waals surface area contributed by atoms with Crippen molar-refractivity contribution in [2.75, 3.05) is 18.4 Å². The summed E-state index contributed by atoms with van der Waals surface area (Å²) in [5.74, 6) is -0.161. The number of hydrogen-bond donors (Lipinski definition) is 1. The number of aryl methyl sites for hydroxylation is 2. The van der Waals surface area contributed by atoms with Gasteiger partial charge in [-0.1, -0.05) is 59.6 Å². The van der Waals surface area contributed by atoms with E-state index in [4.69, 9.17) is 11.6 Å². The molecule has 6 nitrogen and oxygen atoms in total. The first-order chi connectivity index (χ1) is 16.4. The molecule has 34 heavy (non-hydrogen) atoms. The average molecular weight is 477 g/mol. The number of nitrogens with zero attached hydrogens (tertiary/aromatic N) is 3. The summed E-state index contributed by atoms with van der Waals surface area (Å²) in [5.41, 5.74) is 4.64. The molecule has 1 N–H and O–H groups in total. The van der Waals surface area contributed by atoms with E-state index in [9.17, 15) is 9.59 Å². The van der Waals surface area contributed by atoms with E-state index in [1.54, 1.807) is 21.7 Å². The molecule has 1 saturated heterocycles. The lowest BCUT2D eigenvalue weighted by Gasteiger charge is -2.30. The minimum absolute atomic E-state index is 0.0113. The summed E-state index contributed by atoms with van der Waals surface area (Å²) in [6.07, 6.45) is 4.59. The fourth-order valence-corrected chi connectivity index (χ4v) is 4.41. The first-order valence-corrected chi connectivity index (χ1v) is 11.9. The van der Waals surface area contributed by atoms with E-state index in [0.717, 1.165) is 22.5 Å². The predicted octanol–water partition coefficient (Wildman–Crippen LogP) is 5.09. The zero-order valence-corrected chi connectivity index (χ0v) is 20.3. The fraction of sp³-hybridized carbons (Fsp3) is 0.296. The molecule has 2 amide bonds. The van der Waals surface area contributed by atoms with Gasteiger partial charge in [0.1, 0.15) is 5.15 Å². The second-order valence-electron chi connectivity index (χ2n) is 8.72. The van der Waals surface area contributed by atoms with Gasteiger partial charge in [-0.25, -0.2) is 4.68 Å². The van der Waals surface area contributed by atoms with Gasteiger partial charge in [-0.3, -0.25) is 9.59 Å². The molecule has 0 saturated carbocycles. The molecule has 0 bridgehead atoms. The van der Waals surface area contributed by atoms with Gasteiger partial charge < -0.3 is 10.2 Å². The molecule has 7 heteroatoms. The minimum atomic E-state index is -0.0927. The maximum Gasteiger partial charge on any atom is 0.246 e. The third-order valence-corrected chi connectivity index (χ3v) is 6.57. The van der Waals surface area contributed by atoms with Gasteiger partial charge in [0.2, 0.25) is 11.8 Å². The molecule has 0 atom stereocenters. The molecule has 2 aromatic carbocycles. The van der Waals surface area contributed by atoms with Crippen LogP contribution in [0.25, 0.3) is 6.08 Å². The van der Waals surface area contributed by atoms with Crippen LogP contribution in [-0.2, 0) is 16.1 Å². The van der Waals surface area contributed by atoms with Crippen molar-refractivity contribution in [3.8, 4) is 0 Å². The van der Waals surface area contributed by atoms with E-state index in [1.165, 1.54) is 5.56 Å². The lowest BCUT2D eigenvalue weighted by molar-refractivity contribution is -0.130. The molecular weight excluding hydrogens is 448 g/mol. The molecule has 4 rings (SSSR count). The highest BCUT2D eigenvalue weighted by Crippen LogP contribution is 2.24. The number of para-hydroxylation sites is 1. The van der Waals surface area contributed by atoms with Crippen LogP contribution in [0.5, 0.6) is 0 Å². The lowest BCUT2D eigenvalue weighted by Crippen LogP contribution is -2.40. The summed E-state index contributed by atoms with van der Waals surface area (Å²) >= 11 is 6.58. The van der Waals surface area contributed by atoms with Gasteiger partial charge in [0.05, 0.1) is 12.2 Å². The van der Waals surface area contributed by atoms with Gasteiger partial charge in [0.15, 0.2) is 0 Å². The molecule has 3 aromatic rings. The number of aromatic nitrogens is 2. The predicted molar refractivity (Wildman–Crippen MR) is 136 cm³/mol. The van der Waals surface area contributed by atoms with Crippen LogP contribution in [0.15, 0.2) is 60.7 Å². The van der Waals surface area contributed by atoms with Crippen LogP contribution in [-0.4, -0.2) is 39.6 Å². The van der Waals surface area contributed by atoms with Crippen LogP contribution < -0.4 is 5.32 Å². The molecular formula is C27H29ClN4O2. The van der Waals surface area contributed by atoms with Crippen molar-refractivity contribution < 1.29 is 9.59 Å². The number of piperidine rings is 1. The molecule has 1 fully saturated rings. The van der Waals surface area contributed by atoms with Crippen LogP contribution in [0.4, 0.5) is 5.69 Å². The highest BCUT2D eigenvalue weighted by Gasteiger charge is 2.26. The van der Waals surface area contributed by atoms with Gasteiger partial charge in [0, 0.05) is 36.3 Å². The first-order valence-electron chi connectivity index (χ1n) is 11.5. The molecule has 0 unspecified atom stereocenters. The molecule has 2 heterocycles. The number of hydrogen-bond acceptors (Lipinski definition) is 3. The van der Waals surface area contributed by atoms with E-state index in [0.29, 0.717) is 37.6 Å². The molecule has 0 aliphatic carbocycles. The molecule has 1 aromatic heterocycles. The normalized spacial score (nSPS) is 14.5. The van der Waals surface area contributed by atoms with Crippen molar-refractivity contribution in [1.29, 1.82) is 0 Å². The van der Waals surface area contributed by atoms with E-state index in [2.05, 4.69) is 41.6 Å². The highest BCUT2D eigenvalue weighted by atomic mass is 35.5. The quantitative estimate of drug-likeness (QED) is 0.504. The Balaban J connectivity index is 1.33. The van der Waals surface area contributed by atoms with Gasteiger partial charge in [0.25, 0.3) is 0 Å². The Labute approximate surface area is 205 Å². The Morgan fingerprint density at radius 2 is 1.74 bits per heavy atom. The summed E-state index contributed by atoms with van der Waals surface area (Å²) in [7, 11) is 0. The van der Waals surface area contributed by atoms with Gasteiger partial charge in [-0.05, 0) is 50.5 Å². The fourth-order valence-electron chi connectivity index (χ4n) is 4.12. The second kappa shape index (κ2) is 10.7. The number of nitrogens with one attached hydrogen (secondary N) is 1. The topological polar surface area (TPSA) is 67.2 Å². The Kier molecular flexibility index (Phi) is 7.48. The number of likely N-dealkylation sites (tertiary alicyclic amines) is 1. The lowest BCUT2D eigenvalue weighted by atomic mass is 9.95. The summed E-state index contributed by atoms with van der Waals surface area (Å²) in [6.45, 7) is 5.61. The number of carbonyl (C=O) groups excluding carboxylic acids is 2. The number of anilines is 1. The van der Waals surface area contributed by atoms with Crippen LogP contribution in [0.3, 0.4) is 0 Å². The van der Waals surface area contributed by atoms with E-state index in [-0.39, 0.29) is 17.7 Å². The maximum atomic E-state index is 12.8. The second-order valence-corrected chi connectivity index (χ2v) is 9.08. The smallest absolute Gasteiger partial charge is 0.246 e. The van der Waals surface area contributed by atoms with Gasteiger partial charge in [-0.15, -0.1) is 0 Å². The zero-order chi connectivity index (χ0) is 24.1. The highest BCUT2D eigenvalue weighted by molar-refractivity contribution is 6.31. The van der Waals surface area contributed by atoms with Crippen molar-refractivity contribution >= 4 is 35.2 Å². The van der Waals surface area contributed by atoms with Gasteiger partial charge in [-0.2, -0.15) is 5.10 Å². The van der Waals surface area contributed by atoms with Crippen LogP contribution >= 0.6 is 11.6 Å². The number of halogens is 1. The molecule has 1 aliphatic rings. The monoisotopic (exact) mass is 476 g/mol. The third-order valence-electron chi connectivity index (χ3n) is 6.17. The van der Waals surface area contributed by atoms with Crippen molar-refractivity contribution in [2.24, 2.45) is 5.92 Å². The largest absolute Gasteiger partial charge is 0.339 e. The molecule has 176 valence electrons. The Hall–Kier alpha value is -3.38. The zero-order valence-electron chi connectivity index (χ0n) is 19.5. The summed E-state index contributed by atoms with van der Waals surface area (Å²) in [4.78, 5) is 27.1. The van der Waals surface area contributed by atoms with E-state index >= 15 is 0 Å². The van der Waals surface area contributed by atoms with Crippen LogP contribution in [0.1, 0.15) is 35.2 Å². The minimum Gasteiger partial charge on any atom is -0.339 e. The maximum absolute atomic E-state index is 12.8. The standard InChI is InChI=1S/C27H29ClN4O2/c1-19-8-10-21(11-9-19)18-32-26(28)24(20(2)30-32)12-13-25(33)31-16-14-22(15-17-31)27(34)29-23-6-4-3-5-7-23/h3-13,22H,14-18H2,1-2H3,(H,29,34). The SMILES string of the molecule is Cc1ccc(Cn2nc(C)c(C=CC(=O)N3CCC(C(=O)Nc4ccccc4)CC3)c2Cl)cc1. The number of amides is 2. The van der Waals surface area contributed by atoms with Crippen LogP contribution in [0, 0.1) is 19.8 Å². The number of carbonyl (C=O) groups is 2. The van der Waals surface area contributed by atoms with Crippen LogP contribution in [0.2, 0.25) is 5.15 Å². The van der Waals surface area contributed by atoms with Crippen molar-refractivity contribution in [3.05, 3.63) is 88.2 Å². The summed E-state index contributed by atoms with van der Waals surface area (Å²) < 4.78 is 1.75. The third kappa shape index (κ3) is 5.75. The number of rotatable bonds is 6. The molecule has 0 spiro atoms. The van der Waals surface area contributed by atoms with Crippen molar-refractivity contribution in [3.63, 3.8) is 0 Å². The first kappa shape index (κ1) is 23.8. The summed E-state index contributed by atoms with van der Waals surface area (Å²) in [6, 6.07) is 17.7. The van der Waals surface area contributed by atoms with E-state index < -0.39 is 0 Å².